The summed E-state index contributed by atoms with van der Waals surface area (Å²) in [6.07, 6.45) is 0.368. The minimum atomic E-state index is -3.42. The topological polar surface area (TPSA) is 80.7 Å². The van der Waals surface area contributed by atoms with E-state index in [1.807, 2.05) is 13.8 Å². The molecule has 0 aromatic heterocycles. The molecule has 0 bridgehead atoms. The molecule has 0 aliphatic heterocycles. The second-order valence-electron chi connectivity index (χ2n) is 4.86. The highest BCUT2D eigenvalue weighted by Gasteiger charge is 2.22. The minimum absolute atomic E-state index is 0.0414. The van der Waals surface area contributed by atoms with Gasteiger partial charge in [-0.25, -0.2) is 13.2 Å². The SMILES string of the molecule is COC(C)(C)CCS(=O)(=O)c1ccc(C(=O)O)cc1. The molecule has 106 valence electrons. The first-order valence-corrected chi connectivity index (χ1v) is 7.44. The lowest BCUT2D eigenvalue weighted by Crippen LogP contribution is -2.26. The van der Waals surface area contributed by atoms with Gasteiger partial charge in [0.2, 0.25) is 0 Å². The Morgan fingerprint density at radius 2 is 1.79 bits per heavy atom. The molecule has 1 aromatic rings. The van der Waals surface area contributed by atoms with Crippen molar-refractivity contribution in [3.05, 3.63) is 29.8 Å². The van der Waals surface area contributed by atoms with E-state index in [-0.39, 0.29) is 16.2 Å². The summed E-state index contributed by atoms with van der Waals surface area (Å²) >= 11 is 0. The summed E-state index contributed by atoms with van der Waals surface area (Å²) in [6, 6.07) is 5.21. The predicted octanol–water partition coefficient (Wildman–Crippen LogP) is 1.97. The summed E-state index contributed by atoms with van der Waals surface area (Å²) in [5.41, 5.74) is -0.440. The lowest BCUT2D eigenvalue weighted by Gasteiger charge is -2.22. The zero-order chi connectivity index (χ0) is 14.7. The van der Waals surface area contributed by atoms with Crippen LogP contribution in [0.5, 0.6) is 0 Å². The first-order chi connectivity index (χ1) is 8.68. The van der Waals surface area contributed by atoms with Crippen LogP contribution in [0.1, 0.15) is 30.6 Å². The van der Waals surface area contributed by atoms with Crippen LogP contribution in [0.2, 0.25) is 0 Å². The van der Waals surface area contributed by atoms with Crippen LogP contribution in [0.15, 0.2) is 29.2 Å². The van der Waals surface area contributed by atoms with E-state index < -0.39 is 21.4 Å². The van der Waals surface area contributed by atoms with Gasteiger partial charge in [0.05, 0.1) is 21.8 Å². The maximum atomic E-state index is 12.1. The highest BCUT2D eigenvalue weighted by molar-refractivity contribution is 7.91. The Hall–Kier alpha value is -1.40. The van der Waals surface area contributed by atoms with Gasteiger partial charge in [-0.05, 0) is 44.5 Å². The first kappa shape index (κ1) is 15.7. The van der Waals surface area contributed by atoms with Crippen molar-refractivity contribution >= 4 is 15.8 Å². The fraction of sp³-hybridized carbons (Fsp3) is 0.462. The molecule has 0 saturated carbocycles. The van der Waals surface area contributed by atoms with Crippen LogP contribution in [0.4, 0.5) is 0 Å². The third kappa shape index (κ3) is 4.33. The Bertz CT molecular complexity index is 543. The van der Waals surface area contributed by atoms with Gasteiger partial charge in [0.1, 0.15) is 0 Å². The van der Waals surface area contributed by atoms with E-state index in [2.05, 4.69) is 0 Å². The molecule has 0 spiro atoms. The maximum absolute atomic E-state index is 12.1. The number of hydrogen-bond donors (Lipinski definition) is 1. The number of carbonyl (C=O) groups is 1. The molecular weight excluding hydrogens is 268 g/mol. The molecule has 1 rings (SSSR count). The van der Waals surface area contributed by atoms with E-state index in [9.17, 15) is 13.2 Å². The zero-order valence-corrected chi connectivity index (χ0v) is 12.0. The normalized spacial score (nSPS) is 12.4. The van der Waals surface area contributed by atoms with Crippen LogP contribution in [0.3, 0.4) is 0 Å². The lowest BCUT2D eigenvalue weighted by molar-refractivity contribution is 0.0203. The fourth-order valence-corrected chi connectivity index (χ4v) is 2.95. The second kappa shape index (κ2) is 5.71. The van der Waals surface area contributed by atoms with Crippen molar-refractivity contribution in [3.8, 4) is 0 Å². The molecule has 0 saturated heterocycles. The molecule has 0 amide bonds. The lowest BCUT2D eigenvalue weighted by atomic mass is 10.1. The highest BCUT2D eigenvalue weighted by atomic mass is 32.2. The summed E-state index contributed by atoms with van der Waals surface area (Å²) in [4.78, 5) is 10.8. The number of carboxylic acids is 1. The fourth-order valence-electron chi connectivity index (χ4n) is 1.40. The number of sulfone groups is 1. The van der Waals surface area contributed by atoms with Crippen LogP contribution in [-0.2, 0) is 14.6 Å². The van der Waals surface area contributed by atoms with Crippen molar-refractivity contribution in [1.29, 1.82) is 0 Å². The van der Waals surface area contributed by atoms with E-state index >= 15 is 0 Å². The molecule has 0 unspecified atom stereocenters. The van der Waals surface area contributed by atoms with E-state index in [1.165, 1.54) is 31.4 Å². The molecule has 19 heavy (non-hydrogen) atoms. The molecule has 0 aliphatic carbocycles. The third-order valence-corrected chi connectivity index (χ3v) is 4.72. The molecule has 0 radical (unpaired) electrons. The summed E-state index contributed by atoms with van der Waals surface area (Å²) in [5.74, 6) is -1.12. The summed E-state index contributed by atoms with van der Waals surface area (Å²) in [7, 11) is -1.88. The van der Waals surface area contributed by atoms with Gasteiger partial charge in [-0.3, -0.25) is 0 Å². The van der Waals surface area contributed by atoms with Gasteiger partial charge < -0.3 is 9.84 Å². The van der Waals surface area contributed by atoms with Gasteiger partial charge in [0, 0.05) is 7.11 Å². The van der Waals surface area contributed by atoms with E-state index in [4.69, 9.17) is 9.84 Å². The molecule has 1 N–H and O–H groups in total. The predicted molar refractivity (Wildman–Crippen MR) is 71.2 cm³/mol. The highest BCUT2D eigenvalue weighted by Crippen LogP contribution is 2.19. The molecule has 5 nitrogen and oxygen atoms in total. The minimum Gasteiger partial charge on any atom is -0.478 e. The Balaban J connectivity index is 2.86. The van der Waals surface area contributed by atoms with Gasteiger partial charge in [-0.1, -0.05) is 0 Å². The van der Waals surface area contributed by atoms with Crippen molar-refractivity contribution in [1.82, 2.24) is 0 Å². The van der Waals surface area contributed by atoms with Gasteiger partial charge >= 0.3 is 5.97 Å². The van der Waals surface area contributed by atoms with Crippen LogP contribution in [-0.4, -0.2) is 38.0 Å². The van der Waals surface area contributed by atoms with Crippen molar-refractivity contribution in [2.24, 2.45) is 0 Å². The third-order valence-electron chi connectivity index (χ3n) is 2.99. The number of methoxy groups -OCH3 is 1. The summed E-state index contributed by atoms with van der Waals surface area (Å²) in [6.45, 7) is 3.63. The van der Waals surface area contributed by atoms with Crippen LogP contribution < -0.4 is 0 Å². The average Bonchev–Trinajstić information content (AvgIpc) is 2.37. The van der Waals surface area contributed by atoms with Gasteiger partial charge in [-0.2, -0.15) is 0 Å². The average molecular weight is 286 g/mol. The number of aromatic carboxylic acids is 1. The van der Waals surface area contributed by atoms with E-state index in [0.29, 0.717) is 6.42 Å². The molecule has 0 aliphatic rings. The molecule has 1 aromatic carbocycles. The number of benzene rings is 1. The Morgan fingerprint density at radius 1 is 1.26 bits per heavy atom. The molecular formula is C13H18O5S. The zero-order valence-electron chi connectivity index (χ0n) is 11.2. The van der Waals surface area contributed by atoms with Gasteiger partial charge in [0.25, 0.3) is 0 Å². The maximum Gasteiger partial charge on any atom is 0.335 e. The van der Waals surface area contributed by atoms with Gasteiger partial charge in [-0.15, -0.1) is 0 Å². The Kier molecular flexibility index (Phi) is 4.70. The molecule has 0 heterocycles. The first-order valence-electron chi connectivity index (χ1n) is 5.79. The van der Waals surface area contributed by atoms with Crippen LogP contribution >= 0.6 is 0 Å². The number of carboxylic acid groups (broad SMARTS) is 1. The smallest absolute Gasteiger partial charge is 0.335 e. The summed E-state index contributed by atoms with van der Waals surface area (Å²) < 4.78 is 29.3. The van der Waals surface area contributed by atoms with Crippen LogP contribution in [0.25, 0.3) is 0 Å². The monoisotopic (exact) mass is 286 g/mol. The van der Waals surface area contributed by atoms with Gasteiger partial charge in [0.15, 0.2) is 9.84 Å². The van der Waals surface area contributed by atoms with E-state index in [1.54, 1.807) is 0 Å². The van der Waals surface area contributed by atoms with E-state index in [0.717, 1.165) is 0 Å². The molecule has 0 atom stereocenters. The van der Waals surface area contributed by atoms with Crippen molar-refractivity contribution in [3.63, 3.8) is 0 Å². The van der Waals surface area contributed by atoms with Crippen molar-refractivity contribution in [2.75, 3.05) is 12.9 Å². The number of rotatable bonds is 6. The molecule has 6 heteroatoms. The number of hydrogen-bond acceptors (Lipinski definition) is 4. The molecule has 0 fully saturated rings. The van der Waals surface area contributed by atoms with Crippen molar-refractivity contribution in [2.45, 2.75) is 30.8 Å². The Morgan fingerprint density at radius 3 is 2.21 bits per heavy atom. The quantitative estimate of drug-likeness (QED) is 0.864. The Labute approximate surface area is 113 Å². The standard InChI is InChI=1S/C13H18O5S/c1-13(2,18-3)8-9-19(16,17)11-6-4-10(5-7-11)12(14)15/h4-7H,8-9H2,1-3H3,(H,14,15). The number of ether oxygens (including phenoxy) is 1. The summed E-state index contributed by atoms with van der Waals surface area (Å²) in [5, 5.41) is 8.75. The van der Waals surface area contributed by atoms with Crippen molar-refractivity contribution < 1.29 is 23.1 Å². The van der Waals surface area contributed by atoms with Crippen LogP contribution in [0, 0.1) is 0 Å². The largest absolute Gasteiger partial charge is 0.478 e. The second-order valence-corrected chi connectivity index (χ2v) is 6.97.